The van der Waals surface area contributed by atoms with Crippen molar-refractivity contribution in [3.63, 3.8) is 0 Å². The molecule has 21 heavy (non-hydrogen) atoms. The third-order valence-electron chi connectivity index (χ3n) is 3.86. The first-order valence-corrected chi connectivity index (χ1v) is 7.91. The van der Waals surface area contributed by atoms with Gasteiger partial charge in [0.25, 0.3) is 5.91 Å². The Morgan fingerprint density at radius 2 is 2.05 bits per heavy atom. The van der Waals surface area contributed by atoms with Crippen molar-refractivity contribution in [1.82, 2.24) is 9.88 Å². The number of hydrogen-bond acceptors (Lipinski definition) is 2. The van der Waals surface area contributed by atoms with E-state index in [0.717, 1.165) is 28.6 Å². The Hall–Kier alpha value is -2.07. The number of nitrogens with zero attached hydrogens (tertiary/aromatic N) is 1. The second-order valence-electron chi connectivity index (χ2n) is 5.12. The molecule has 4 heteroatoms. The van der Waals surface area contributed by atoms with Crippen LogP contribution < -0.4 is 5.32 Å². The molecule has 1 amide bonds. The van der Waals surface area contributed by atoms with Crippen LogP contribution in [-0.4, -0.2) is 17.0 Å². The van der Waals surface area contributed by atoms with Gasteiger partial charge in [-0.15, -0.1) is 11.3 Å². The zero-order chi connectivity index (χ0) is 14.8. The zero-order valence-electron chi connectivity index (χ0n) is 12.2. The van der Waals surface area contributed by atoms with Gasteiger partial charge in [-0.2, -0.15) is 0 Å². The predicted octanol–water partition coefficient (Wildman–Crippen LogP) is 3.52. The van der Waals surface area contributed by atoms with E-state index in [0.29, 0.717) is 6.54 Å². The molecular weight excluding hydrogens is 280 g/mol. The molecule has 2 aromatic heterocycles. The molecule has 1 N–H and O–H groups in total. The molecule has 3 rings (SSSR count). The fourth-order valence-electron chi connectivity index (χ4n) is 2.65. The molecule has 0 spiro atoms. The normalized spacial score (nSPS) is 11.0. The molecule has 0 aliphatic carbocycles. The summed E-state index contributed by atoms with van der Waals surface area (Å²) >= 11 is 1.72. The summed E-state index contributed by atoms with van der Waals surface area (Å²) in [5.41, 5.74) is 2.89. The number of rotatable bonds is 4. The van der Waals surface area contributed by atoms with Crippen molar-refractivity contribution in [3.8, 4) is 0 Å². The first-order valence-electron chi connectivity index (χ1n) is 7.03. The summed E-state index contributed by atoms with van der Waals surface area (Å²) in [5.74, 6) is 0.0147. The molecule has 0 aliphatic heterocycles. The lowest BCUT2D eigenvalue weighted by Crippen LogP contribution is -2.26. The van der Waals surface area contributed by atoms with Gasteiger partial charge in [0.2, 0.25) is 0 Å². The summed E-state index contributed by atoms with van der Waals surface area (Å²) in [6.45, 7) is 2.66. The number of amides is 1. The van der Waals surface area contributed by atoms with Crippen molar-refractivity contribution in [1.29, 1.82) is 0 Å². The maximum Gasteiger partial charge on any atom is 0.253 e. The zero-order valence-corrected chi connectivity index (χ0v) is 13.0. The van der Waals surface area contributed by atoms with Crippen LogP contribution >= 0.6 is 11.3 Å². The monoisotopic (exact) mass is 298 g/mol. The van der Waals surface area contributed by atoms with E-state index in [4.69, 9.17) is 0 Å². The van der Waals surface area contributed by atoms with E-state index in [1.54, 1.807) is 11.3 Å². The van der Waals surface area contributed by atoms with Crippen molar-refractivity contribution in [3.05, 3.63) is 57.9 Å². The summed E-state index contributed by atoms with van der Waals surface area (Å²) < 4.78 is 2.07. The standard InChI is InChI=1S/C17H18N2OS/c1-12-16(14-7-3-4-8-15(14)19(12)2)17(20)18-10-9-13-6-5-11-21-13/h3-8,11H,9-10H2,1-2H3,(H,18,20). The van der Waals surface area contributed by atoms with Gasteiger partial charge in [-0.05, 0) is 30.9 Å². The van der Waals surface area contributed by atoms with Crippen molar-refractivity contribution in [2.24, 2.45) is 7.05 Å². The van der Waals surface area contributed by atoms with Crippen molar-refractivity contribution in [2.45, 2.75) is 13.3 Å². The minimum Gasteiger partial charge on any atom is -0.352 e. The van der Waals surface area contributed by atoms with Gasteiger partial charge in [0.05, 0.1) is 5.56 Å². The van der Waals surface area contributed by atoms with Crippen molar-refractivity contribution in [2.75, 3.05) is 6.54 Å². The van der Waals surface area contributed by atoms with E-state index in [-0.39, 0.29) is 5.91 Å². The summed E-state index contributed by atoms with van der Waals surface area (Å²) in [6.07, 6.45) is 0.882. The number of carbonyl (C=O) groups excluding carboxylic acids is 1. The van der Waals surface area contributed by atoms with Gasteiger partial charge in [0.1, 0.15) is 0 Å². The SMILES string of the molecule is Cc1c(C(=O)NCCc2cccs2)c2ccccc2n1C. The van der Waals surface area contributed by atoms with Gasteiger partial charge >= 0.3 is 0 Å². The van der Waals surface area contributed by atoms with Gasteiger partial charge in [-0.1, -0.05) is 24.3 Å². The highest BCUT2D eigenvalue weighted by Crippen LogP contribution is 2.24. The highest BCUT2D eigenvalue weighted by Gasteiger charge is 2.17. The molecule has 3 aromatic rings. The van der Waals surface area contributed by atoms with E-state index >= 15 is 0 Å². The molecule has 0 radical (unpaired) electrons. The maximum atomic E-state index is 12.5. The Labute approximate surface area is 128 Å². The van der Waals surface area contributed by atoms with Crippen molar-refractivity contribution < 1.29 is 4.79 Å². The maximum absolute atomic E-state index is 12.5. The van der Waals surface area contributed by atoms with Gasteiger partial charge in [0.15, 0.2) is 0 Å². The number of carbonyl (C=O) groups is 1. The minimum atomic E-state index is 0.0147. The van der Waals surface area contributed by atoms with Gasteiger partial charge in [0, 0.05) is 35.1 Å². The fraction of sp³-hybridized carbons (Fsp3) is 0.235. The molecular formula is C17H18N2OS. The summed E-state index contributed by atoms with van der Waals surface area (Å²) in [6, 6.07) is 12.2. The number of aromatic nitrogens is 1. The van der Waals surface area contributed by atoms with Gasteiger partial charge < -0.3 is 9.88 Å². The lowest BCUT2D eigenvalue weighted by molar-refractivity contribution is 0.0955. The molecule has 0 saturated carbocycles. The highest BCUT2D eigenvalue weighted by molar-refractivity contribution is 7.09. The van der Waals surface area contributed by atoms with E-state index in [2.05, 4.69) is 21.3 Å². The van der Waals surface area contributed by atoms with E-state index in [9.17, 15) is 4.79 Å². The van der Waals surface area contributed by atoms with E-state index in [1.165, 1.54) is 4.88 Å². The van der Waals surface area contributed by atoms with Crippen LogP contribution in [0.15, 0.2) is 41.8 Å². The summed E-state index contributed by atoms with van der Waals surface area (Å²) in [7, 11) is 2.00. The minimum absolute atomic E-state index is 0.0147. The molecule has 2 heterocycles. The van der Waals surface area contributed by atoms with Gasteiger partial charge in [-0.3, -0.25) is 4.79 Å². The Morgan fingerprint density at radius 1 is 1.24 bits per heavy atom. The third-order valence-corrected chi connectivity index (χ3v) is 4.80. The van der Waals surface area contributed by atoms with Crippen LogP contribution in [0.1, 0.15) is 20.9 Å². The quantitative estimate of drug-likeness (QED) is 0.785. The summed E-state index contributed by atoms with van der Waals surface area (Å²) in [4.78, 5) is 13.8. The lowest BCUT2D eigenvalue weighted by Gasteiger charge is -2.05. The van der Waals surface area contributed by atoms with E-state index < -0.39 is 0 Å². The average molecular weight is 298 g/mol. The molecule has 3 nitrogen and oxygen atoms in total. The second kappa shape index (κ2) is 5.74. The number of thiophene rings is 1. The Balaban J connectivity index is 1.80. The van der Waals surface area contributed by atoms with Crippen LogP contribution in [0, 0.1) is 6.92 Å². The smallest absolute Gasteiger partial charge is 0.253 e. The summed E-state index contributed by atoms with van der Waals surface area (Å²) in [5, 5.41) is 6.12. The number of hydrogen-bond donors (Lipinski definition) is 1. The number of aryl methyl sites for hydroxylation is 1. The topological polar surface area (TPSA) is 34.0 Å². The number of benzene rings is 1. The Morgan fingerprint density at radius 3 is 2.81 bits per heavy atom. The molecule has 0 atom stereocenters. The Kier molecular flexibility index (Phi) is 3.80. The number of nitrogens with one attached hydrogen (secondary N) is 1. The predicted molar refractivity (Wildman–Crippen MR) is 88.0 cm³/mol. The first kappa shape index (κ1) is 13.9. The second-order valence-corrected chi connectivity index (χ2v) is 6.15. The number of fused-ring (bicyclic) bond motifs is 1. The van der Waals surface area contributed by atoms with E-state index in [1.807, 2.05) is 44.3 Å². The Bertz CT molecular complexity index is 772. The molecule has 0 aliphatic rings. The molecule has 108 valence electrons. The molecule has 0 fully saturated rings. The number of para-hydroxylation sites is 1. The van der Waals surface area contributed by atoms with Crippen LogP contribution in [0.2, 0.25) is 0 Å². The third kappa shape index (κ3) is 2.59. The molecule has 0 saturated heterocycles. The first-order chi connectivity index (χ1) is 10.2. The van der Waals surface area contributed by atoms with Crippen LogP contribution in [0.4, 0.5) is 0 Å². The fourth-order valence-corrected chi connectivity index (χ4v) is 3.36. The molecule has 1 aromatic carbocycles. The van der Waals surface area contributed by atoms with Gasteiger partial charge in [-0.25, -0.2) is 0 Å². The average Bonchev–Trinajstić information content (AvgIpc) is 3.08. The molecule has 0 unspecified atom stereocenters. The largest absolute Gasteiger partial charge is 0.352 e. The van der Waals surface area contributed by atoms with Crippen LogP contribution in [0.3, 0.4) is 0 Å². The van der Waals surface area contributed by atoms with Crippen LogP contribution in [0.5, 0.6) is 0 Å². The van der Waals surface area contributed by atoms with Crippen molar-refractivity contribution >= 4 is 28.1 Å². The highest BCUT2D eigenvalue weighted by atomic mass is 32.1. The lowest BCUT2D eigenvalue weighted by atomic mass is 10.1. The van der Waals surface area contributed by atoms with Crippen LogP contribution in [-0.2, 0) is 13.5 Å². The van der Waals surface area contributed by atoms with Crippen LogP contribution in [0.25, 0.3) is 10.9 Å². The molecule has 0 bridgehead atoms.